The number of aromatic nitrogens is 2. The van der Waals surface area contributed by atoms with Crippen LogP contribution in [0.3, 0.4) is 0 Å². The molecule has 2 atom stereocenters. The Kier molecular flexibility index (Phi) is 7.46. The van der Waals surface area contributed by atoms with E-state index in [1.807, 2.05) is 50.4 Å². The standard InChI is InChI=1S/C28H30FN3O3/c1-4-11-35-26-10-9-19(20-12-17(2)27(29)31-14-20)13-22(26)28(34)32-25(16-33)18(3)23-15-30-24-8-6-5-7-21(23)24/h5-10,12-15,18,25,30,33H,4,11,16H2,1-3H3,(H,32,34)/t18?,25-/m0/s1. The normalized spacial score (nSPS) is 12.9. The average Bonchev–Trinajstić information content (AvgIpc) is 3.31. The lowest BCUT2D eigenvalue weighted by Crippen LogP contribution is -2.41. The summed E-state index contributed by atoms with van der Waals surface area (Å²) in [6.07, 6.45) is 4.16. The predicted octanol–water partition coefficient (Wildman–Crippen LogP) is 5.36. The second-order valence-corrected chi connectivity index (χ2v) is 8.73. The summed E-state index contributed by atoms with van der Waals surface area (Å²) in [5.74, 6) is -0.564. The number of hydrogen-bond acceptors (Lipinski definition) is 4. The maximum atomic E-state index is 13.7. The number of H-pyrrole nitrogens is 1. The third-order valence-corrected chi connectivity index (χ3v) is 6.26. The Hall–Kier alpha value is -3.71. The largest absolute Gasteiger partial charge is 0.493 e. The van der Waals surface area contributed by atoms with Crippen molar-refractivity contribution in [3.8, 4) is 16.9 Å². The molecule has 2 aromatic carbocycles. The molecule has 0 aliphatic rings. The molecule has 0 saturated carbocycles. The Morgan fingerprint density at radius 2 is 2.00 bits per heavy atom. The van der Waals surface area contributed by atoms with Gasteiger partial charge in [0.1, 0.15) is 5.75 Å². The molecule has 35 heavy (non-hydrogen) atoms. The Morgan fingerprint density at radius 3 is 2.74 bits per heavy atom. The highest BCUT2D eigenvalue weighted by Crippen LogP contribution is 2.30. The molecular formula is C28H30FN3O3. The molecular weight excluding hydrogens is 445 g/mol. The summed E-state index contributed by atoms with van der Waals surface area (Å²) in [4.78, 5) is 20.5. The van der Waals surface area contributed by atoms with E-state index in [0.717, 1.165) is 28.5 Å². The first-order chi connectivity index (χ1) is 16.9. The molecule has 0 fully saturated rings. The number of ether oxygens (including phenoxy) is 1. The van der Waals surface area contributed by atoms with Crippen molar-refractivity contribution in [2.75, 3.05) is 13.2 Å². The highest BCUT2D eigenvalue weighted by molar-refractivity contribution is 5.98. The number of carbonyl (C=O) groups excluding carboxylic acids is 1. The average molecular weight is 476 g/mol. The van der Waals surface area contributed by atoms with E-state index in [1.165, 1.54) is 6.20 Å². The molecule has 2 heterocycles. The van der Waals surface area contributed by atoms with E-state index in [9.17, 15) is 14.3 Å². The van der Waals surface area contributed by atoms with Gasteiger partial charge in [-0.1, -0.05) is 38.1 Å². The van der Waals surface area contributed by atoms with Crippen LogP contribution in [0.25, 0.3) is 22.0 Å². The highest BCUT2D eigenvalue weighted by atomic mass is 19.1. The summed E-state index contributed by atoms with van der Waals surface area (Å²) in [7, 11) is 0. The van der Waals surface area contributed by atoms with Crippen LogP contribution < -0.4 is 10.1 Å². The van der Waals surface area contributed by atoms with Gasteiger partial charge in [0, 0.05) is 40.3 Å². The number of nitrogens with zero attached hydrogens (tertiary/aromatic N) is 1. The highest BCUT2D eigenvalue weighted by Gasteiger charge is 2.25. The molecule has 3 N–H and O–H groups in total. The van der Waals surface area contributed by atoms with Crippen LogP contribution in [0.15, 0.2) is 60.9 Å². The number of para-hydroxylation sites is 1. The second-order valence-electron chi connectivity index (χ2n) is 8.73. The van der Waals surface area contributed by atoms with E-state index >= 15 is 0 Å². The number of halogens is 1. The smallest absolute Gasteiger partial charge is 0.255 e. The quantitative estimate of drug-likeness (QED) is 0.284. The van der Waals surface area contributed by atoms with Gasteiger partial charge in [-0.2, -0.15) is 4.39 Å². The molecule has 0 saturated heterocycles. The van der Waals surface area contributed by atoms with Gasteiger partial charge in [-0.05, 0) is 48.7 Å². The molecule has 4 rings (SSSR count). The number of aliphatic hydroxyl groups excluding tert-OH is 1. The van der Waals surface area contributed by atoms with Gasteiger partial charge in [0.2, 0.25) is 5.95 Å². The molecule has 0 bridgehead atoms. The number of amides is 1. The van der Waals surface area contributed by atoms with E-state index < -0.39 is 12.0 Å². The molecule has 0 spiro atoms. The van der Waals surface area contributed by atoms with Crippen molar-refractivity contribution in [3.05, 3.63) is 83.6 Å². The molecule has 6 nitrogen and oxygen atoms in total. The van der Waals surface area contributed by atoms with Gasteiger partial charge in [0.25, 0.3) is 5.91 Å². The summed E-state index contributed by atoms with van der Waals surface area (Å²) in [5.41, 5.74) is 4.22. The SMILES string of the molecule is CCCOc1ccc(-c2cnc(F)c(C)c2)cc1C(=O)N[C@@H](CO)C(C)c1c[nH]c2ccccc12. The van der Waals surface area contributed by atoms with Gasteiger partial charge >= 0.3 is 0 Å². The fourth-order valence-corrected chi connectivity index (χ4v) is 4.20. The van der Waals surface area contributed by atoms with E-state index in [2.05, 4.69) is 15.3 Å². The first-order valence-electron chi connectivity index (χ1n) is 11.8. The number of aromatic amines is 1. The second kappa shape index (κ2) is 10.7. The number of benzene rings is 2. The van der Waals surface area contributed by atoms with Gasteiger partial charge in [0.15, 0.2) is 0 Å². The Bertz CT molecular complexity index is 1330. The first-order valence-corrected chi connectivity index (χ1v) is 11.8. The number of carbonyl (C=O) groups is 1. The number of hydrogen-bond donors (Lipinski definition) is 3. The number of fused-ring (bicyclic) bond motifs is 1. The Balaban J connectivity index is 1.64. The number of nitrogens with one attached hydrogen (secondary N) is 2. The summed E-state index contributed by atoms with van der Waals surface area (Å²) in [5, 5.41) is 14.2. The molecule has 0 radical (unpaired) electrons. The molecule has 182 valence electrons. The number of aliphatic hydroxyl groups is 1. The zero-order valence-electron chi connectivity index (χ0n) is 20.1. The van der Waals surface area contributed by atoms with E-state index in [-0.39, 0.29) is 18.4 Å². The van der Waals surface area contributed by atoms with Crippen molar-refractivity contribution in [1.29, 1.82) is 0 Å². The summed E-state index contributed by atoms with van der Waals surface area (Å²) < 4.78 is 19.5. The van der Waals surface area contributed by atoms with Crippen LogP contribution >= 0.6 is 0 Å². The Labute approximate surface area is 204 Å². The van der Waals surface area contributed by atoms with E-state index in [4.69, 9.17) is 4.74 Å². The lowest BCUT2D eigenvalue weighted by Gasteiger charge is -2.24. The van der Waals surface area contributed by atoms with E-state index in [0.29, 0.717) is 29.0 Å². The number of rotatable bonds is 9. The van der Waals surface area contributed by atoms with Gasteiger partial charge in [0.05, 0.1) is 24.8 Å². The van der Waals surface area contributed by atoms with Crippen molar-refractivity contribution < 1.29 is 19.0 Å². The topological polar surface area (TPSA) is 87.2 Å². The summed E-state index contributed by atoms with van der Waals surface area (Å²) >= 11 is 0. The minimum absolute atomic E-state index is 0.146. The number of aryl methyl sites for hydroxylation is 1. The van der Waals surface area contributed by atoms with Crippen LogP contribution in [0.2, 0.25) is 0 Å². The zero-order chi connectivity index (χ0) is 24.9. The van der Waals surface area contributed by atoms with Crippen molar-refractivity contribution in [1.82, 2.24) is 15.3 Å². The van der Waals surface area contributed by atoms with Crippen molar-refractivity contribution in [2.24, 2.45) is 0 Å². The lowest BCUT2D eigenvalue weighted by atomic mass is 9.93. The van der Waals surface area contributed by atoms with Gasteiger partial charge < -0.3 is 20.1 Å². The summed E-state index contributed by atoms with van der Waals surface area (Å²) in [6.45, 7) is 5.86. The minimum atomic E-state index is -0.522. The molecule has 0 aliphatic carbocycles. The third kappa shape index (κ3) is 5.20. The van der Waals surface area contributed by atoms with Crippen LogP contribution in [0.1, 0.15) is 47.7 Å². The Morgan fingerprint density at radius 1 is 1.20 bits per heavy atom. The van der Waals surface area contributed by atoms with Crippen LogP contribution in [0, 0.1) is 12.9 Å². The van der Waals surface area contributed by atoms with Crippen LogP contribution in [-0.4, -0.2) is 40.2 Å². The van der Waals surface area contributed by atoms with Gasteiger partial charge in [-0.3, -0.25) is 4.79 Å². The molecule has 4 aromatic rings. The first kappa shape index (κ1) is 24.4. The lowest BCUT2D eigenvalue weighted by molar-refractivity contribution is 0.0903. The van der Waals surface area contributed by atoms with Crippen molar-refractivity contribution in [3.63, 3.8) is 0 Å². The molecule has 2 aromatic heterocycles. The fraction of sp³-hybridized carbons (Fsp3) is 0.286. The van der Waals surface area contributed by atoms with Crippen LogP contribution in [-0.2, 0) is 0 Å². The third-order valence-electron chi connectivity index (χ3n) is 6.26. The maximum absolute atomic E-state index is 13.7. The van der Waals surface area contributed by atoms with Gasteiger partial charge in [-0.25, -0.2) is 4.98 Å². The predicted molar refractivity (Wildman–Crippen MR) is 135 cm³/mol. The van der Waals surface area contributed by atoms with E-state index in [1.54, 1.807) is 25.1 Å². The van der Waals surface area contributed by atoms with Crippen molar-refractivity contribution >= 4 is 16.8 Å². The fourth-order valence-electron chi connectivity index (χ4n) is 4.20. The van der Waals surface area contributed by atoms with Crippen LogP contribution in [0.4, 0.5) is 4.39 Å². The van der Waals surface area contributed by atoms with Crippen LogP contribution in [0.5, 0.6) is 5.75 Å². The van der Waals surface area contributed by atoms with Crippen molar-refractivity contribution in [2.45, 2.75) is 39.2 Å². The molecule has 7 heteroatoms. The monoisotopic (exact) mass is 475 g/mol. The molecule has 1 unspecified atom stereocenters. The zero-order valence-corrected chi connectivity index (χ0v) is 20.1. The molecule has 0 aliphatic heterocycles. The number of pyridine rings is 1. The van der Waals surface area contributed by atoms with Gasteiger partial charge in [-0.15, -0.1) is 0 Å². The minimum Gasteiger partial charge on any atom is -0.493 e. The maximum Gasteiger partial charge on any atom is 0.255 e. The summed E-state index contributed by atoms with van der Waals surface area (Å²) in [6, 6.07) is 14.4. The molecule has 1 amide bonds.